The van der Waals surface area contributed by atoms with Gasteiger partial charge in [0.1, 0.15) is 0 Å². The molecule has 0 atom stereocenters. The number of hydrogen-bond donors (Lipinski definition) is 0. The van der Waals surface area contributed by atoms with Gasteiger partial charge in [-0.2, -0.15) is 0 Å². The molecule has 0 saturated heterocycles. The van der Waals surface area contributed by atoms with Crippen molar-refractivity contribution in [1.82, 2.24) is 0 Å². The van der Waals surface area contributed by atoms with Crippen LogP contribution < -0.4 is 0 Å². The zero-order valence-electron chi connectivity index (χ0n) is 2.42. The Morgan fingerprint density at radius 3 is 0.667 bits per heavy atom. The Balaban J connectivity index is 0. The molecule has 6 heteroatoms. The second-order valence-electron chi connectivity index (χ2n) is 0.126. The van der Waals surface area contributed by atoms with E-state index in [9.17, 15) is 0 Å². The van der Waals surface area contributed by atoms with E-state index < -0.39 is 0 Å². The first kappa shape index (κ1) is 11.5. The molecule has 0 aliphatic heterocycles. The van der Waals surface area contributed by atoms with Gasteiger partial charge >= 0.3 is 53.9 Å². The van der Waals surface area contributed by atoms with Gasteiger partial charge in [-0.1, -0.05) is 0 Å². The Labute approximate surface area is 53.8 Å². The Morgan fingerprint density at radius 2 is 0.667 bits per heavy atom. The van der Waals surface area contributed by atoms with Crippen molar-refractivity contribution in [2.45, 2.75) is 0 Å². The van der Waals surface area contributed by atoms with Crippen LogP contribution in [0.5, 0.6) is 0 Å². The van der Waals surface area contributed by atoms with Crippen molar-refractivity contribution >= 4 is 29.4 Å². The minimum atomic E-state index is 1.01. The Hall–Kier alpha value is 2.71. The van der Waals surface area contributed by atoms with Crippen LogP contribution in [0.2, 0.25) is 0 Å². The normalized spacial score (nSPS) is 4.67. The summed E-state index contributed by atoms with van der Waals surface area (Å²) >= 11 is 2.03. The van der Waals surface area contributed by atoms with Crippen LogP contribution in [0.3, 0.4) is 0 Å². The van der Waals surface area contributed by atoms with E-state index in [4.69, 9.17) is 0 Å². The molecular weight excluding hydrogens is 241 g/mol. The maximum atomic E-state index is 3.59. The summed E-state index contributed by atoms with van der Waals surface area (Å²) in [7, 11) is 14.4. The Bertz CT molecular complexity index is 182. The van der Waals surface area contributed by atoms with Crippen LogP contribution in [0.25, 0.3) is 0 Å². The third-order valence-electron chi connectivity index (χ3n) is 0. The molecule has 0 radical (unpaired) electrons. The average Bonchev–Trinajstić information content (AvgIpc) is 1.39. The van der Waals surface area contributed by atoms with Gasteiger partial charge in [-0.15, -0.1) is 0 Å². The van der Waals surface area contributed by atoms with Gasteiger partial charge in [-0.05, 0) is 0 Å². The molecular formula is Ni2P4. The molecule has 0 aliphatic rings. The maximum absolute atomic E-state index is 3.59. The van der Waals surface area contributed by atoms with Crippen molar-refractivity contribution in [3.63, 3.8) is 0 Å². The molecule has 0 spiro atoms. The van der Waals surface area contributed by atoms with E-state index in [1.54, 1.807) is 0 Å². The molecule has 0 bridgehead atoms. The van der Waals surface area contributed by atoms with E-state index in [0.29, 0.717) is 0 Å². The summed E-state index contributed by atoms with van der Waals surface area (Å²) in [6.07, 6.45) is 0. The molecule has 0 N–H and O–H groups in total. The molecule has 0 nitrogen and oxygen atoms in total. The van der Waals surface area contributed by atoms with Gasteiger partial charge in [0.25, 0.3) is 0 Å². The zero-order chi connectivity index (χ0) is 5.41. The van der Waals surface area contributed by atoms with Crippen LogP contribution in [0.15, 0.2) is 0 Å². The summed E-state index contributed by atoms with van der Waals surface area (Å²) < 4.78 is 0. The standard InChI is InChI=1S/2Ni.4P. The summed E-state index contributed by atoms with van der Waals surface area (Å²) in [4.78, 5) is 0. The monoisotopic (exact) mass is 240 g/mol. The summed E-state index contributed by atoms with van der Waals surface area (Å²) in [5.74, 6) is 0. The van der Waals surface area contributed by atoms with Crippen LogP contribution in [0.1, 0.15) is 0 Å². The number of rotatable bonds is 0. The van der Waals surface area contributed by atoms with Crippen molar-refractivity contribution in [1.29, 1.82) is 0 Å². The Morgan fingerprint density at radius 1 is 0.667 bits per heavy atom. The van der Waals surface area contributed by atoms with Gasteiger partial charge in [0.05, 0.1) is 0 Å². The molecule has 0 unspecified atom stereocenters. The third kappa shape index (κ3) is 29.8. The summed E-state index contributed by atoms with van der Waals surface area (Å²) in [6, 6.07) is 0. The van der Waals surface area contributed by atoms with Crippen LogP contribution in [0, 0.1) is 0 Å². The molecule has 6 heavy (non-hydrogen) atoms. The van der Waals surface area contributed by atoms with Gasteiger partial charge in [0.2, 0.25) is 0 Å². The van der Waals surface area contributed by atoms with Crippen LogP contribution in [-0.4, -0.2) is 0 Å². The van der Waals surface area contributed by atoms with Crippen molar-refractivity contribution in [2.24, 2.45) is 0 Å². The van der Waals surface area contributed by atoms with Crippen LogP contribution >= 0.6 is 29.4 Å². The minimum absolute atomic E-state index is 1.01. The first-order valence-corrected chi connectivity index (χ1v) is 7.00. The van der Waals surface area contributed by atoms with Crippen LogP contribution in [0.4, 0.5) is 0 Å². The quantitative estimate of drug-likeness (QED) is 0.450. The van der Waals surface area contributed by atoms with Gasteiger partial charge in [-0.25, -0.2) is 0 Å². The predicted octanol–water partition coefficient (Wildman–Crippen LogP) is 3.44. The summed E-state index contributed by atoms with van der Waals surface area (Å²) in [6.45, 7) is 0. The van der Waals surface area contributed by atoms with Crippen molar-refractivity contribution in [3.05, 3.63) is 0 Å². The molecule has 40 valence electrons. The fraction of sp³-hybridized carbons (Fsp3) is 0. The molecule has 0 saturated carbocycles. The van der Waals surface area contributed by atoms with E-state index in [0.717, 1.165) is 24.4 Å². The molecule has 0 fully saturated rings. The van der Waals surface area contributed by atoms with E-state index >= 15 is 0 Å². The fourth-order valence-corrected chi connectivity index (χ4v) is 0. The third-order valence-corrected chi connectivity index (χ3v) is 0. The average molecular weight is 241 g/mol. The summed E-state index contributed by atoms with van der Waals surface area (Å²) in [5, 5.41) is 0. The molecule has 0 aromatic carbocycles. The van der Waals surface area contributed by atoms with E-state index in [1.807, 2.05) is 0 Å². The molecule has 0 aromatic rings. The molecule has 0 rings (SSSR count). The SMILES string of the molecule is [P]#[Ni]#[P].[P]#[Ni]#[P]. The second-order valence-corrected chi connectivity index (χ2v) is 4.69. The molecule has 0 aromatic heterocycles. The zero-order valence-corrected chi connectivity index (χ0v) is 7.97. The fourth-order valence-electron chi connectivity index (χ4n) is 0. The van der Waals surface area contributed by atoms with Crippen LogP contribution in [-0.2, 0) is 24.4 Å². The molecule has 0 aliphatic carbocycles. The van der Waals surface area contributed by atoms with Gasteiger partial charge in [0, 0.05) is 0 Å². The predicted molar refractivity (Wildman–Crippen MR) is 27.7 cm³/mol. The van der Waals surface area contributed by atoms with Gasteiger partial charge in [-0.3, -0.25) is 0 Å². The molecule has 0 amide bonds. The first-order valence-electron chi connectivity index (χ1n) is 0.566. The van der Waals surface area contributed by atoms with Gasteiger partial charge < -0.3 is 0 Å². The van der Waals surface area contributed by atoms with Crippen molar-refractivity contribution in [2.75, 3.05) is 0 Å². The topological polar surface area (TPSA) is 0 Å². The first-order chi connectivity index (χ1) is 2.83. The second kappa shape index (κ2) is 15.6. The van der Waals surface area contributed by atoms with E-state index in [1.165, 1.54) is 0 Å². The summed E-state index contributed by atoms with van der Waals surface area (Å²) in [5.41, 5.74) is 0. The van der Waals surface area contributed by atoms with Crippen molar-refractivity contribution in [3.8, 4) is 0 Å². The van der Waals surface area contributed by atoms with E-state index in [2.05, 4.69) is 29.4 Å². The van der Waals surface area contributed by atoms with Crippen molar-refractivity contribution < 1.29 is 24.4 Å². The van der Waals surface area contributed by atoms with Gasteiger partial charge in [0.15, 0.2) is 0 Å². The number of hydrogen-bond acceptors (Lipinski definition) is 0. The molecule has 0 heterocycles. The van der Waals surface area contributed by atoms with E-state index in [-0.39, 0.29) is 0 Å². The Kier molecular flexibility index (Phi) is 30.0.